The van der Waals surface area contributed by atoms with Crippen LogP contribution in [0.15, 0.2) is 18.2 Å². The third kappa shape index (κ3) is 3.14. The summed E-state index contributed by atoms with van der Waals surface area (Å²) in [5.41, 5.74) is 1.90. The van der Waals surface area contributed by atoms with Gasteiger partial charge in [-0.1, -0.05) is 25.8 Å². The van der Waals surface area contributed by atoms with Crippen LogP contribution >= 0.6 is 0 Å². The van der Waals surface area contributed by atoms with Gasteiger partial charge in [-0.25, -0.2) is 4.39 Å². The molecule has 2 nitrogen and oxygen atoms in total. The lowest BCUT2D eigenvalue weighted by Crippen LogP contribution is -2.36. The molecule has 2 rings (SSSR count). The van der Waals surface area contributed by atoms with Crippen LogP contribution in [0.2, 0.25) is 0 Å². The number of hydrogen-bond donors (Lipinski definition) is 1. The Labute approximate surface area is 122 Å². The molecule has 1 aliphatic rings. The molecule has 0 saturated carbocycles. The molecule has 20 heavy (non-hydrogen) atoms. The smallest absolute Gasteiger partial charge is 0.130 e. The molecule has 0 amide bonds. The van der Waals surface area contributed by atoms with Gasteiger partial charge in [0.2, 0.25) is 0 Å². The van der Waals surface area contributed by atoms with Crippen LogP contribution in [0.5, 0.6) is 0 Å². The quantitative estimate of drug-likeness (QED) is 0.885. The minimum atomic E-state index is -0.0940. The summed E-state index contributed by atoms with van der Waals surface area (Å²) in [6.07, 6.45) is 6.14. The average Bonchev–Trinajstić information content (AvgIpc) is 2.71. The predicted molar refractivity (Wildman–Crippen MR) is 83.8 cm³/mol. The van der Waals surface area contributed by atoms with Crippen molar-refractivity contribution in [3.63, 3.8) is 0 Å². The standard InChI is InChI=1S/C17H27FN2/c1-4-14-9-6-5-7-12-20(14)16-11-8-10-15(18)17(16)13(2)19-3/h8,10-11,13-14,19H,4-7,9,12H2,1-3H3. The largest absolute Gasteiger partial charge is 0.368 e. The van der Waals surface area contributed by atoms with Gasteiger partial charge in [0.05, 0.1) is 0 Å². The minimum Gasteiger partial charge on any atom is -0.368 e. The highest BCUT2D eigenvalue weighted by Crippen LogP contribution is 2.33. The zero-order valence-electron chi connectivity index (χ0n) is 13.0. The normalized spacial score (nSPS) is 21.6. The van der Waals surface area contributed by atoms with Crippen molar-refractivity contribution < 1.29 is 4.39 Å². The zero-order valence-corrected chi connectivity index (χ0v) is 13.0. The fourth-order valence-electron chi connectivity index (χ4n) is 3.27. The maximum Gasteiger partial charge on any atom is 0.130 e. The van der Waals surface area contributed by atoms with E-state index >= 15 is 0 Å². The third-order valence-corrected chi connectivity index (χ3v) is 4.55. The molecule has 1 fully saturated rings. The summed E-state index contributed by atoms with van der Waals surface area (Å²) < 4.78 is 14.3. The zero-order chi connectivity index (χ0) is 14.5. The van der Waals surface area contributed by atoms with Crippen molar-refractivity contribution in [1.82, 2.24) is 5.32 Å². The van der Waals surface area contributed by atoms with E-state index < -0.39 is 0 Å². The van der Waals surface area contributed by atoms with Gasteiger partial charge in [0.1, 0.15) is 5.82 Å². The van der Waals surface area contributed by atoms with Gasteiger partial charge in [-0.15, -0.1) is 0 Å². The molecular weight excluding hydrogens is 251 g/mol. The summed E-state index contributed by atoms with van der Waals surface area (Å²) in [6, 6.07) is 6.08. The molecule has 1 aromatic rings. The summed E-state index contributed by atoms with van der Waals surface area (Å²) in [5.74, 6) is -0.0940. The molecule has 0 radical (unpaired) electrons. The van der Waals surface area contributed by atoms with E-state index in [-0.39, 0.29) is 11.9 Å². The summed E-state index contributed by atoms with van der Waals surface area (Å²) in [7, 11) is 1.89. The van der Waals surface area contributed by atoms with Gasteiger partial charge in [0.15, 0.2) is 0 Å². The monoisotopic (exact) mass is 278 g/mol. The number of benzene rings is 1. The number of hydrogen-bond acceptors (Lipinski definition) is 2. The van der Waals surface area contributed by atoms with Crippen molar-refractivity contribution in [3.8, 4) is 0 Å². The second-order valence-electron chi connectivity index (χ2n) is 5.79. The highest BCUT2D eigenvalue weighted by Gasteiger charge is 2.24. The number of halogens is 1. The minimum absolute atomic E-state index is 0.0342. The van der Waals surface area contributed by atoms with Crippen molar-refractivity contribution in [3.05, 3.63) is 29.6 Å². The van der Waals surface area contributed by atoms with Gasteiger partial charge in [0.25, 0.3) is 0 Å². The lowest BCUT2D eigenvalue weighted by Gasteiger charge is -2.34. The van der Waals surface area contributed by atoms with E-state index in [9.17, 15) is 4.39 Å². The second kappa shape index (κ2) is 7.07. The van der Waals surface area contributed by atoms with Crippen LogP contribution in [0.25, 0.3) is 0 Å². The van der Waals surface area contributed by atoms with Crippen molar-refractivity contribution in [2.75, 3.05) is 18.5 Å². The Hall–Kier alpha value is -1.09. The Morgan fingerprint density at radius 2 is 2.15 bits per heavy atom. The highest BCUT2D eigenvalue weighted by atomic mass is 19.1. The molecule has 2 unspecified atom stereocenters. The number of nitrogens with zero attached hydrogens (tertiary/aromatic N) is 1. The van der Waals surface area contributed by atoms with Crippen LogP contribution in [0.3, 0.4) is 0 Å². The maximum absolute atomic E-state index is 14.3. The van der Waals surface area contributed by atoms with Crippen LogP contribution < -0.4 is 10.2 Å². The van der Waals surface area contributed by atoms with Crippen LogP contribution in [-0.4, -0.2) is 19.6 Å². The summed E-state index contributed by atoms with van der Waals surface area (Å²) in [6.45, 7) is 5.32. The van der Waals surface area contributed by atoms with Crippen LogP contribution in [0, 0.1) is 5.82 Å². The first kappa shape index (κ1) is 15.3. The first-order valence-electron chi connectivity index (χ1n) is 7.91. The molecule has 112 valence electrons. The Morgan fingerprint density at radius 1 is 1.35 bits per heavy atom. The molecule has 2 atom stereocenters. The van der Waals surface area contributed by atoms with E-state index in [1.165, 1.54) is 25.7 Å². The van der Waals surface area contributed by atoms with Gasteiger partial charge in [-0.3, -0.25) is 0 Å². The topological polar surface area (TPSA) is 15.3 Å². The maximum atomic E-state index is 14.3. The van der Waals surface area contributed by atoms with E-state index in [2.05, 4.69) is 23.2 Å². The fraction of sp³-hybridized carbons (Fsp3) is 0.647. The molecule has 0 aromatic heterocycles. The fourth-order valence-corrected chi connectivity index (χ4v) is 3.27. The van der Waals surface area contributed by atoms with E-state index in [0.29, 0.717) is 6.04 Å². The lowest BCUT2D eigenvalue weighted by molar-refractivity contribution is 0.534. The van der Waals surface area contributed by atoms with E-state index in [0.717, 1.165) is 24.2 Å². The summed E-state index contributed by atoms with van der Waals surface area (Å²) in [4.78, 5) is 2.44. The van der Waals surface area contributed by atoms with Crippen molar-refractivity contribution in [2.24, 2.45) is 0 Å². The average molecular weight is 278 g/mol. The number of nitrogens with one attached hydrogen (secondary N) is 1. The molecule has 0 aliphatic carbocycles. The highest BCUT2D eigenvalue weighted by molar-refractivity contribution is 5.56. The van der Waals surface area contributed by atoms with Gasteiger partial charge in [-0.2, -0.15) is 0 Å². The van der Waals surface area contributed by atoms with Gasteiger partial charge in [-0.05, 0) is 45.4 Å². The SMILES string of the molecule is CCC1CCCCCN1c1cccc(F)c1C(C)NC. The molecule has 1 N–H and O–H groups in total. The van der Waals surface area contributed by atoms with Crippen LogP contribution in [-0.2, 0) is 0 Å². The van der Waals surface area contributed by atoms with E-state index in [1.807, 2.05) is 20.0 Å². The number of rotatable bonds is 4. The van der Waals surface area contributed by atoms with Crippen molar-refractivity contribution in [2.45, 2.75) is 58.0 Å². The van der Waals surface area contributed by atoms with Crippen molar-refractivity contribution in [1.29, 1.82) is 0 Å². The first-order chi connectivity index (χ1) is 9.69. The predicted octanol–water partition coefficient (Wildman–Crippen LogP) is 4.27. The van der Waals surface area contributed by atoms with Crippen LogP contribution in [0.1, 0.15) is 57.6 Å². The van der Waals surface area contributed by atoms with Gasteiger partial charge in [0, 0.05) is 29.9 Å². The molecule has 3 heteroatoms. The van der Waals surface area contributed by atoms with Gasteiger partial charge < -0.3 is 10.2 Å². The molecule has 1 saturated heterocycles. The Bertz CT molecular complexity index is 433. The lowest BCUT2D eigenvalue weighted by atomic mass is 10.0. The molecule has 1 aliphatic heterocycles. The van der Waals surface area contributed by atoms with E-state index in [4.69, 9.17) is 0 Å². The van der Waals surface area contributed by atoms with E-state index in [1.54, 1.807) is 6.07 Å². The van der Waals surface area contributed by atoms with Crippen LogP contribution in [0.4, 0.5) is 10.1 Å². The Kier molecular flexibility index (Phi) is 5.41. The van der Waals surface area contributed by atoms with Gasteiger partial charge >= 0.3 is 0 Å². The summed E-state index contributed by atoms with van der Waals surface area (Å²) in [5, 5.41) is 3.18. The summed E-state index contributed by atoms with van der Waals surface area (Å²) >= 11 is 0. The van der Waals surface area contributed by atoms with Crippen molar-refractivity contribution >= 4 is 5.69 Å². The molecule has 0 spiro atoms. The Balaban J connectivity index is 2.41. The first-order valence-corrected chi connectivity index (χ1v) is 7.91. The molecular formula is C17H27FN2. The molecule has 1 aromatic carbocycles. The third-order valence-electron chi connectivity index (χ3n) is 4.55. The molecule has 0 bridgehead atoms. The second-order valence-corrected chi connectivity index (χ2v) is 5.79. The number of anilines is 1. The Morgan fingerprint density at radius 3 is 2.85 bits per heavy atom. The molecule has 1 heterocycles.